The van der Waals surface area contributed by atoms with Crippen LogP contribution in [0.1, 0.15) is 22.5 Å². The van der Waals surface area contributed by atoms with Gasteiger partial charge in [0.05, 0.1) is 5.51 Å². The van der Waals surface area contributed by atoms with E-state index < -0.39 is 0 Å². The number of thiazole rings is 1. The Kier molecular flexibility index (Phi) is 3.31. The number of carbonyl (C=O) groups excluding carboxylic acids is 1. The van der Waals surface area contributed by atoms with Crippen molar-refractivity contribution in [1.82, 2.24) is 4.98 Å². The van der Waals surface area contributed by atoms with E-state index in [1.54, 1.807) is 5.51 Å². The summed E-state index contributed by atoms with van der Waals surface area (Å²) in [5.74, 6) is 0.0163. The molecule has 0 unspecified atom stereocenters. The number of anilines is 1. The Bertz CT molecular complexity index is 479. The number of nitrogens with zero attached hydrogens (tertiary/aromatic N) is 1. The lowest BCUT2D eigenvalue weighted by Gasteiger charge is -1.99. The number of nitrogens with two attached hydrogens (primary N) is 1. The molecule has 0 aliphatic heterocycles. The van der Waals surface area contributed by atoms with Gasteiger partial charge in [0.2, 0.25) is 0 Å². The SMILES string of the molecule is Nc1scnc1C(=O)CCc1ccccc1. The van der Waals surface area contributed by atoms with E-state index in [1.807, 2.05) is 30.3 Å². The largest absolute Gasteiger partial charge is 0.389 e. The number of nitrogen functional groups attached to an aromatic ring is 1. The predicted octanol–water partition coefficient (Wildman–Crippen LogP) is 2.54. The molecule has 16 heavy (non-hydrogen) atoms. The summed E-state index contributed by atoms with van der Waals surface area (Å²) in [6.07, 6.45) is 1.19. The van der Waals surface area contributed by atoms with E-state index in [0.29, 0.717) is 17.1 Å². The minimum atomic E-state index is 0.0163. The molecule has 2 rings (SSSR count). The first kappa shape index (κ1) is 10.8. The summed E-state index contributed by atoms with van der Waals surface area (Å²) < 4.78 is 0. The summed E-state index contributed by atoms with van der Waals surface area (Å²) in [5, 5.41) is 0.512. The molecule has 0 saturated carbocycles. The van der Waals surface area contributed by atoms with Gasteiger partial charge < -0.3 is 5.73 Å². The monoisotopic (exact) mass is 232 g/mol. The van der Waals surface area contributed by atoms with E-state index in [9.17, 15) is 4.79 Å². The molecule has 0 atom stereocenters. The van der Waals surface area contributed by atoms with Gasteiger partial charge in [-0.15, -0.1) is 11.3 Å². The van der Waals surface area contributed by atoms with E-state index in [1.165, 1.54) is 11.3 Å². The Balaban J connectivity index is 1.97. The third-order valence-electron chi connectivity index (χ3n) is 2.34. The topological polar surface area (TPSA) is 56.0 Å². The van der Waals surface area contributed by atoms with Crippen molar-refractivity contribution >= 4 is 22.1 Å². The number of Topliss-reactive ketones (excluding diaryl/α,β-unsaturated/α-hetero) is 1. The number of ketones is 1. The molecule has 0 radical (unpaired) electrons. The lowest BCUT2D eigenvalue weighted by Crippen LogP contribution is -2.04. The fourth-order valence-corrected chi connectivity index (χ4v) is 2.04. The van der Waals surface area contributed by atoms with Crippen LogP contribution < -0.4 is 5.73 Å². The van der Waals surface area contributed by atoms with Gasteiger partial charge in [0.25, 0.3) is 0 Å². The third-order valence-corrected chi connectivity index (χ3v) is 3.00. The maximum absolute atomic E-state index is 11.8. The number of benzene rings is 1. The fraction of sp³-hybridized carbons (Fsp3) is 0.167. The fourth-order valence-electron chi connectivity index (χ4n) is 1.49. The highest BCUT2D eigenvalue weighted by Gasteiger charge is 2.12. The van der Waals surface area contributed by atoms with Crippen LogP contribution in [0, 0.1) is 0 Å². The number of hydrogen-bond donors (Lipinski definition) is 1. The van der Waals surface area contributed by atoms with Gasteiger partial charge in [-0.05, 0) is 12.0 Å². The molecule has 1 heterocycles. The highest BCUT2D eigenvalue weighted by molar-refractivity contribution is 7.14. The molecule has 4 heteroatoms. The Morgan fingerprint density at radius 2 is 2.06 bits per heavy atom. The Labute approximate surface area is 97.9 Å². The molecule has 0 spiro atoms. The maximum atomic E-state index is 11.8. The van der Waals surface area contributed by atoms with E-state index in [-0.39, 0.29) is 5.78 Å². The summed E-state index contributed by atoms with van der Waals surface area (Å²) in [6, 6.07) is 9.92. The second-order valence-electron chi connectivity index (χ2n) is 3.47. The van der Waals surface area contributed by atoms with Gasteiger partial charge >= 0.3 is 0 Å². The number of hydrogen-bond acceptors (Lipinski definition) is 4. The van der Waals surface area contributed by atoms with Crippen molar-refractivity contribution in [2.45, 2.75) is 12.8 Å². The van der Waals surface area contributed by atoms with Crippen molar-refractivity contribution in [2.24, 2.45) is 0 Å². The smallest absolute Gasteiger partial charge is 0.184 e. The zero-order chi connectivity index (χ0) is 11.4. The summed E-state index contributed by atoms with van der Waals surface area (Å²) in [5.41, 5.74) is 8.82. The van der Waals surface area contributed by atoms with Crippen molar-refractivity contribution in [1.29, 1.82) is 0 Å². The second-order valence-corrected chi connectivity index (χ2v) is 4.36. The van der Waals surface area contributed by atoms with Crippen molar-refractivity contribution in [2.75, 3.05) is 5.73 Å². The van der Waals surface area contributed by atoms with E-state index in [2.05, 4.69) is 4.98 Å². The molecule has 1 aromatic heterocycles. The maximum Gasteiger partial charge on any atom is 0.184 e. The van der Waals surface area contributed by atoms with Crippen LogP contribution in [0.5, 0.6) is 0 Å². The van der Waals surface area contributed by atoms with Crippen molar-refractivity contribution in [3.05, 3.63) is 47.1 Å². The lowest BCUT2D eigenvalue weighted by atomic mass is 10.1. The molecule has 0 fully saturated rings. The molecule has 0 aliphatic carbocycles. The van der Waals surface area contributed by atoms with E-state index >= 15 is 0 Å². The number of rotatable bonds is 4. The first-order valence-electron chi connectivity index (χ1n) is 5.03. The van der Waals surface area contributed by atoms with Crippen LogP contribution in [0.15, 0.2) is 35.8 Å². The van der Waals surface area contributed by atoms with Gasteiger partial charge in [-0.1, -0.05) is 30.3 Å². The summed E-state index contributed by atoms with van der Waals surface area (Å²) >= 11 is 1.30. The summed E-state index contributed by atoms with van der Waals surface area (Å²) in [7, 11) is 0. The van der Waals surface area contributed by atoms with Crippen molar-refractivity contribution < 1.29 is 4.79 Å². The number of aryl methyl sites for hydroxylation is 1. The Morgan fingerprint density at radius 3 is 2.69 bits per heavy atom. The molecule has 0 amide bonds. The average molecular weight is 232 g/mol. The molecule has 0 aliphatic rings. The standard InChI is InChI=1S/C12H12N2OS/c13-12-11(14-8-16-12)10(15)7-6-9-4-2-1-3-5-9/h1-5,8H,6-7,13H2. The molecule has 82 valence electrons. The van der Waals surface area contributed by atoms with Crippen molar-refractivity contribution in [3.8, 4) is 0 Å². The zero-order valence-electron chi connectivity index (χ0n) is 8.72. The molecule has 0 bridgehead atoms. The molecule has 1 aromatic carbocycles. The normalized spacial score (nSPS) is 10.2. The van der Waals surface area contributed by atoms with Gasteiger partial charge in [0.15, 0.2) is 5.78 Å². The Hall–Kier alpha value is -1.68. The lowest BCUT2D eigenvalue weighted by molar-refractivity contribution is 0.0979. The number of aromatic nitrogens is 1. The highest BCUT2D eigenvalue weighted by atomic mass is 32.1. The van der Waals surface area contributed by atoms with E-state index in [4.69, 9.17) is 5.73 Å². The molecule has 2 aromatic rings. The first-order chi connectivity index (χ1) is 7.77. The first-order valence-corrected chi connectivity index (χ1v) is 5.91. The van der Waals surface area contributed by atoms with Crippen LogP contribution in [0.3, 0.4) is 0 Å². The predicted molar refractivity (Wildman–Crippen MR) is 65.6 cm³/mol. The summed E-state index contributed by atoms with van der Waals surface area (Å²) in [4.78, 5) is 15.7. The molecular formula is C12H12N2OS. The van der Waals surface area contributed by atoms with Crippen LogP contribution >= 0.6 is 11.3 Å². The van der Waals surface area contributed by atoms with Gasteiger partial charge in [0, 0.05) is 6.42 Å². The highest BCUT2D eigenvalue weighted by Crippen LogP contribution is 2.17. The van der Waals surface area contributed by atoms with Gasteiger partial charge in [-0.2, -0.15) is 0 Å². The minimum Gasteiger partial charge on any atom is -0.389 e. The molecular weight excluding hydrogens is 220 g/mol. The van der Waals surface area contributed by atoms with Gasteiger partial charge in [-0.3, -0.25) is 4.79 Å². The number of carbonyl (C=O) groups is 1. The molecule has 0 saturated heterocycles. The molecule has 3 nitrogen and oxygen atoms in total. The van der Waals surface area contributed by atoms with Gasteiger partial charge in [0.1, 0.15) is 10.7 Å². The molecule has 2 N–H and O–H groups in total. The quantitative estimate of drug-likeness (QED) is 0.824. The minimum absolute atomic E-state index is 0.0163. The summed E-state index contributed by atoms with van der Waals surface area (Å²) in [6.45, 7) is 0. The van der Waals surface area contributed by atoms with Crippen LogP contribution in [0.25, 0.3) is 0 Å². The van der Waals surface area contributed by atoms with E-state index in [0.717, 1.165) is 12.0 Å². The van der Waals surface area contributed by atoms with Gasteiger partial charge in [-0.25, -0.2) is 4.98 Å². The third kappa shape index (κ3) is 2.46. The van der Waals surface area contributed by atoms with Crippen molar-refractivity contribution in [3.63, 3.8) is 0 Å². The average Bonchev–Trinajstić information content (AvgIpc) is 2.74. The zero-order valence-corrected chi connectivity index (χ0v) is 9.54. The van der Waals surface area contributed by atoms with Crippen LogP contribution in [-0.2, 0) is 6.42 Å². The Morgan fingerprint density at radius 1 is 1.31 bits per heavy atom. The van der Waals surface area contributed by atoms with Crippen LogP contribution in [-0.4, -0.2) is 10.8 Å². The van der Waals surface area contributed by atoms with Crippen LogP contribution in [0.2, 0.25) is 0 Å². The second kappa shape index (κ2) is 4.90. The van der Waals surface area contributed by atoms with Crippen LogP contribution in [0.4, 0.5) is 5.00 Å².